The number of fused-ring (bicyclic) bond motifs is 1. The summed E-state index contributed by atoms with van der Waals surface area (Å²) < 4.78 is 8.31. The zero-order valence-electron chi connectivity index (χ0n) is 10.0. The van der Waals surface area contributed by atoms with Crippen LogP contribution >= 0.6 is 27.7 Å². The predicted octanol–water partition coefficient (Wildman–Crippen LogP) is 2.56. The summed E-state index contributed by atoms with van der Waals surface area (Å²) in [7, 11) is 1.74. The minimum atomic E-state index is 0.339. The summed E-state index contributed by atoms with van der Waals surface area (Å²) in [5, 5.41) is 1.03. The first-order valence-corrected chi connectivity index (χ1v) is 7.60. The summed E-state index contributed by atoms with van der Waals surface area (Å²) in [5.74, 6) is 0.979. The number of halogens is 1. The van der Waals surface area contributed by atoms with Gasteiger partial charge in [0.2, 0.25) is 0 Å². The van der Waals surface area contributed by atoms with Gasteiger partial charge in [0, 0.05) is 20.3 Å². The fraction of sp³-hybridized carbons (Fsp3) is 0.636. The summed E-state index contributed by atoms with van der Waals surface area (Å²) >= 11 is 5.19. The van der Waals surface area contributed by atoms with E-state index in [-0.39, 0.29) is 0 Å². The lowest BCUT2D eigenvalue weighted by atomic mass is 10.1. The molecule has 0 saturated carbocycles. The van der Waals surface area contributed by atoms with E-state index in [0.29, 0.717) is 6.04 Å². The number of imidazole rings is 1. The molecule has 0 bridgehead atoms. The molecule has 6 heteroatoms. The normalized spacial score (nSPS) is 19.0. The first-order chi connectivity index (χ1) is 8.26. The van der Waals surface area contributed by atoms with Crippen molar-refractivity contribution in [3.05, 3.63) is 16.6 Å². The molecule has 94 valence electrons. The fourth-order valence-electron chi connectivity index (χ4n) is 1.94. The molecule has 0 spiro atoms. The van der Waals surface area contributed by atoms with Gasteiger partial charge in [-0.1, -0.05) is 0 Å². The van der Waals surface area contributed by atoms with Crippen molar-refractivity contribution in [2.75, 3.05) is 20.0 Å². The Bertz CT molecular complexity index is 419. The van der Waals surface area contributed by atoms with Gasteiger partial charge in [-0.3, -0.25) is 4.99 Å². The topological polar surface area (TPSA) is 39.4 Å². The molecule has 4 nitrogen and oxygen atoms in total. The minimum Gasteiger partial charge on any atom is -0.385 e. The average molecular weight is 318 g/mol. The number of hydrogen-bond acceptors (Lipinski definition) is 4. The Morgan fingerprint density at radius 2 is 2.47 bits per heavy atom. The maximum atomic E-state index is 5.08. The second-order valence-corrected chi connectivity index (χ2v) is 5.55. The van der Waals surface area contributed by atoms with Crippen LogP contribution in [0.4, 0.5) is 0 Å². The Hall–Kier alpha value is -0.330. The zero-order valence-corrected chi connectivity index (χ0v) is 12.4. The van der Waals surface area contributed by atoms with E-state index in [9.17, 15) is 0 Å². The van der Waals surface area contributed by atoms with Crippen LogP contribution in [0.2, 0.25) is 0 Å². The molecule has 1 aromatic heterocycles. The van der Waals surface area contributed by atoms with Crippen LogP contribution in [0.1, 0.15) is 18.7 Å². The molecule has 1 aromatic rings. The maximum Gasteiger partial charge on any atom is 0.165 e. The van der Waals surface area contributed by atoms with Crippen LogP contribution < -0.4 is 0 Å². The van der Waals surface area contributed by atoms with Crippen molar-refractivity contribution in [2.45, 2.75) is 25.4 Å². The van der Waals surface area contributed by atoms with Gasteiger partial charge in [0.05, 0.1) is 12.2 Å². The molecule has 0 fully saturated rings. The Kier molecular flexibility index (Phi) is 4.64. The maximum absolute atomic E-state index is 5.08. The molecule has 17 heavy (non-hydrogen) atoms. The van der Waals surface area contributed by atoms with Gasteiger partial charge in [-0.2, -0.15) is 0 Å². The number of thioether (sulfide) groups is 1. The Labute approximate surface area is 114 Å². The molecule has 0 aromatic carbocycles. The third kappa shape index (κ3) is 2.92. The lowest BCUT2D eigenvalue weighted by molar-refractivity contribution is 0.189. The number of methoxy groups -OCH3 is 1. The molecular weight excluding hydrogens is 302 g/mol. The molecule has 0 aliphatic carbocycles. The van der Waals surface area contributed by atoms with Gasteiger partial charge >= 0.3 is 0 Å². The Morgan fingerprint density at radius 1 is 1.65 bits per heavy atom. The van der Waals surface area contributed by atoms with Crippen molar-refractivity contribution >= 4 is 32.7 Å². The summed E-state index contributed by atoms with van der Waals surface area (Å²) in [4.78, 5) is 9.13. The van der Waals surface area contributed by atoms with Gasteiger partial charge in [0.15, 0.2) is 5.82 Å². The molecule has 1 aliphatic heterocycles. The second kappa shape index (κ2) is 6.02. The van der Waals surface area contributed by atoms with E-state index in [2.05, 4.69) is 25.5 Å². The van der Waals surface area contributed by atoms with Crippen molar-refractivity contribution in [1.82, 2.24) is 9.55 Å². The molecule has 1 unspecified atom stereocenters. The molecule has 2 rings (SSSR count). The lowest BCUT2D eigenvalue weighted by Crippen LogP contribution is -2.25. The molecule has 0 radical (unpaired) electrons. The highest BCUT2D eigenvalue weighted by Crippen LogP contribution is 2.24. The van der Waals surface area contributed by atoms with Crippen LogP contribution in [0.3, 0.4) is 0 Å². The van der Waals surface area contributed by atoms with Crippen molar-refractivity contribution in [1.29, 1.82) is 0 Å². The van der Waals surface area contributed by atoms with Crippen LogP contribution in [-0.2, 0) is 11.3 Å². The quantitative estimate of drug-likeness (QED) is 0.801. The zero-order chi connectivity index (χ0) is 12.3. The summed E-state index contributed by atoms with van der Waals surface area (Å²) in [5.41, 5.74) is 0. The number of rotatable bonds is 4. The van der Waals surface area contributed by atoms with Gasteiger partial charge in [-0.15, -0.1) is 11.8 Å². The SMILES string of the molecule is COCCCC1Cn2c(Br)cnc2C(SC)=N1. The lowest BCUT2D eigenvalue weighted by Gasteiger charge is -2.22. The van der Waals surface area contributed by atoms with Gasteiger partial charge in [-0.25, -0.2) is 4.98 Å². The highest BCUT2D eigenvalue weighted by molar-refractivity contribution is 9.10. The largest absolute Gasteiger partial charge is 0.385 e. The first kappa shape index (κ1) is 13.1. The molecule has 1 aliphatic rings. The van der Waals surface area contributed by atoms with Crippen molar-refractivity contribution < 1.29 is 4.74 Å². The van der Waals surface area contributed by atoms with E-state index >= 15 is 0 Å². The Morgan fingerprint density at radius 3 is 3.18 bits per heavy atom. The molecule has 1 atom stereocenters. The van der Waals surface area contributed by atoms with E-state index in [0.717, 1.165) is 41.5 Å². The molecule has 0 N–H and O–H groups in total. The minimum absolute atomic E-state index is 0.339. The third-order valence-electron chi connectivity index (χ3n) is 2.77. The molecule has 2 heterocycles. The number of ether oxygens (including phenoxy) is 1. The van der Waals surface area contributed by atoms with Crippen molar-refractivity contribution in [2.24, 2.45) is 4.99 Å². The summed E-state index contributed by atoms with van der Waals surface area (Å²) in [6.45, 7) is 1.71. The van der Waals surface area contributed by atoms with E-state index in [1.54, 1.807) is 18.9 Å². The predicted molar refractivity (Wildman–Crippen MR) is 74.9 cm³/mol. The van der Waals surface area contributed by atoms with Gasteiger partial charge in [0.1, 0.15) is 9.65 Å². The average Bonchev–Trinajstić information content (AvgIpc) is 2.71. The van der Waals surface area contributed by atoms with Crippen LogP contribution in [0, 0.1) is 0 Å². The van der Waals surface area contributed by atoms with Gasteiger partial charge < -0.3 is 9.30 Å². The van der Waals surface area contributed by atoms with Gasteiger partial charge in [-0.05, 0) is 35.0 Å². The number of nitrogens with zero attached hydrogens (tertiary/aromatic N) is 3. The van der Waals surface area contributed by atoms with E-state index < -0.39 is 0 Å². The van der Waals surface area contributed by atoms with Crippen LogP contribution in [0.15, 0.2) is 15.8 Å². The smallest absolute Gasteiger partial charge is 0.165 e. The van der Waals surface area contributed by atoms with Crippen molar-refractivity contribution in [3.8, 4) is 0 Å². The standard InChI is InChI=1S/C11H16BrN3OS/c1-16-5-3-4-8-7-15-9(12)6-13-10(15)11(14-8)17-2/h6,8H,3-5,7H2,1-2H3. The highest BCUT2D eigenvalue weighted by atomic mass is 79.9. The molecule has 0 saturated heterocycles. The summed E-state index contributed by atoms with van der Waals surface area (Å²) in [6.07, 6.45) is 6.00. The van der Waals surface area contributed by atoms with Crippen LogP contribution in [0.5, 0.6) is 0 Å². The molecular formula is C11H16BrN3OS. The number of aromatic nitrogens is 2. The van der Waals surface area contributed by atoms with Crippen molar-refractivity contribution in [3.63, 3.8) is 0 Å². The third-order valence-corrected chi connectivity index (χ3v) is 4.08. The van der Waals surface area contributed by atoms with Gasteiger partial charge in [0.25, 0.3) is 0 Å². The summed E-state index contributed by atoms with van der Waals surface area (Å²) in [6, 6.07) is 0.339. The molecule has 0 amide bonds. The number of aliphatic imine (C=N–C) groups is 1. The monoisotopic (exact) mass is 317 g/mol. The second-order valence-electron chi connectivity index (χ2n) is 3.94. The Balaban J connectivity index is 2.11. The first-order valence-electron chi connectivity index (χ1n) is 5.58. The van der Waals surface area contributed by atoms with E-state index in [1.165, 1.54) is 0 Å². The van der Waals surface area contributed by atoms with Crippen LogP contribution in [0.25, 0.3) is 0 Å². The highest BCUT2D eigenvalue weighted by Gasteiger charge is 2.22. The number of hydrogen-bond donors (Lipinski definition) is 0. The van der Waals surface area contributed by atoms with E-state index in [1.807, 2.05) is 12.5 Å². The van der Waals surface area contributed by atoms with Crippen LogP contribution in [-0.4, -0.2) is 40.6 Å². The fourth-order valence-corrected chi connectivity index (χ4v) is 2.95. The van der Waals surface area contributed by atoms with E-state index in [4.69, 9.17) is 9.73 Å².